The molecule has 0 radical (unpaired) electrons. The Bertz CT molecular complexity index is 578. The number of rotatable bonds is 5. The topological polar surface area (TPSA) is 70.1 Å². The number of carbonyl (C=O) groups excluding carboxylic acids is 1. The summed E-state index contributed by atoms with van der Waals surface area (Å²) in [6.45, 7) is 3.53. The summed E-state index contributed by atoms with van der Waals surface area (Å²) in [7, 11) is 0. The fourth-order valence-electron chi connectivity index (χ4n) is 3.52. The Balaban J connectivity index is 1.53. The van der Waals surface area contributed by atoms with Gasteiger partial charge in [-0.25, -0.2) is 4.79 Å². The molecule has 0 spiro atoms. The third-order valence-electron chi connectivity index (χ3n) is 4.73. The predicted octanol–water partition coefficient (Wildman–Crippen LogP) is 1.35. The minimum atomic E-state index is -0.906. The van der Waals surface area contributed by atoms with E-state index in [4.69, 9.17) is 4.74 Å². The Kier molecular flexibility index (Phi) is 5.48. The van der Waals surface area contributed by atoms with E-state index in [-0.39, 0.29) is 18.4 Å². The van der Waals surface area contributed by atoms with Gasteiger partial charge in [-0.15, -0.1) is 0 Å². The van der Waals surface area contributed by atoms with Crippen molar-refractivity contribution < 1.29 is 19.4 Å². The number of hydrogen-bond donors (Lipinski definition) is 1. The molecule has 24 heavy (non-hydrogen) atoms. The van der Waals surface area contributed by atoms with Crippen molar-refractivity contribution in [3.05, 3.63) is 35.9 Å². The van der Waals surface area contributed by atoms with Gasteiger partial charge in [-0.2, -0.15) is 0 Å². The molecule has 3 rings (SSSR count). The van der Waals surface area contributed by atoms with E-state index in [1.54, 1.807) is 0 Å². The fourth-order valence-corrected chi connectivity index (χ4v) is 3.52. The molecule has 6 nitrogen and oxygen atoms in total. The van der Waals surface area contributed by atoms with Gasteiger partial charge in [-0.3, -0.25) is 9.69 Å². The first-order valence-corrected chi connectivity index (χ1v) is 8.53. The summed E-state index contributed by atoms with van der Waals surface area (Å²) in [5.74, 6) is -1.01. The number of aliphatic carboxylic acids is 1. The highest BCUT2D eigenvalue weighted by Gasteiger charge is 2.35. The van der Waals surface area contributed by atoms with Crippen molar-refractivity contribution in [1.82, 2.24) is 9.80 Å². The first-order chi connectivity index (χ1) is 11.6. The molecule has 2 saturated heterocycles. The monoisotopic (exact) mass is 332 g/mol. The van der Waals surface area contributed by atoms with Crippen molar-refractivity contribution in [3.8, 4) is 0 Å². The second-order valence-corrected chi connectivity index (χ2v) is 6.50. The lowest BCUT2D eigenvalue weighted by Crippen LogP contribution is -2.46. The summed E-state index contributed by atoms with van der Waals surface area (Å²) in [4.78, 5) is 27.5. The third kappa shape index (κ3) is 4.13. The Morgan fingerprint density at radius 1 is 1.21 bits per heavy atom. The van der Waals surface area contributed by atoms with Crippen LogP contribution >= 0.6 is 0 Å². The van der Waals surface area contributed by atoms with Crippen molar-refractivity contribution in [2.45, 2.75) is 38.0 Å². The maximum Gasteiger partial charge on any atom is 0.326 e. The van der Waals surface area contributed by atoms with E-state index in [9.17, 15) is 14.7 Å². The zero-order chi connectivity index (χ0) is 16.9. The number of carboxylic acids is 1. The minimum Gasteiger partial charge on any atom is -0.480 e. The highest BCUT2D eigenvalue weighted by atomic mass is 16.5. The van der Waals surface area contributed by atoms with Gasteiger partial charge >= 0.3 is 5.97 Å². The smallest absolute Gasteiger partial charge is 0.326 e. The van der Waals surface area contributed by atoms with E-state index in [2.05, 4.69) is 17.0 Å². The van der Waals surface area contributed by atoms with Crippen LogP contribution in [0.25, 0.3) is 0 Å². The van der Waals surface area contributed by atoms with E-state index in [0.717, 1.165) is 19.5 Å². The van der Waals surface area contributed by atoms with Gasteiger partial charge in [0.05, 0.1) is 19.1 Å². The second kappa shape index (κ2) is 7.77. The Hall–Kier alpha value is -1.92. The SMILES string of the molecule is O=C(O)C1CCCN1C(=O)CC1CN(Cc2ccccc2)CCO1. The molecule has 1 aromatic carbocycles. The van der Waals surface area contributed by atoms with Crippen molar-refractivity contribution in [2.24, 2.45) is 0 Å². The summed E-state index contributed by atoms with van der Waals surface area (Å²) in [6.07, 6.45) is 1.40. The molecule has 1 amide bonds. The zero-order valence-corrected chi connectivity index (χ0v) is 13.8. The van der Waals surface area contributed by atoms with Gasteiger partial charge in [-0.05, 0) is 18.4 Å². The van der Waals surface area contributed by atoms with Crippen LogP contribution in [-0.4, -0.2) is 65.2 Å². The molecule has 6 heteroatoms. The summed E-state index contributed by atoms with van der Waals surface area (Å²) in [6, 6.07) is 9.57. The van der Waals surface area contributed by atoms with Crippen LogP contribution < -0.4 is 0 Å². The molecule has 2 unspecified atom stereocenters. The van der Waals surface area contributed by atoms with E-state index in [0.29, 0.717) is 26.1 Å². The molecule has 130 valence electrons. The Morgan fingerprint density at radius 3 is 2.75 bits per heavy atom. The third-order valence-corrected chi connectivity index (χ3v) is 4.73. The average molecular weight is 332 g/mol. The zero-order valence-electron chi connectivity index (χ0n) is 13.8. The van der Waals surface area contributed by atoms with Crippen LogP contribution in [0.4, 0.5) is 0 Å². The molecule has 0 bridgehead atoms. The fraction of sp³-hybridized carbons (Fsp3) is 0.556. The number of carboxylic acid groups (broad SMARTS) is 1. The number of amides is 1. The molecule has 2 aliphatic rings. The molecular weight excluding hydrogens is 308 g/mol. The number of morpholine rings is 1. The second-order valence-electron chi connectivity index (χ2n) is 6.50. The van der Waals surface area contributed by atoms with Crippen molar-refractivity contribution in [3.63, 3.8) is 0 Å². The van der Waals surface area contributed by atoms with Gasteiger partial charge in [0.15, 0.2) is 0 Å². The molecular formula is C18H24N2O4. The molecule has 1 aromatic rings. The van der Waals surface area contributed by atoms with Gasteiger partial charge in [0.25, 0.3) is 0 Å². The number of benzene rings is 1. The number of carbonyl (C=O) groups is 2. The predicted molar refractivity (Wildman–Crippen MR) is 88.4 cm³/mol. The average Bonchev–Trinajstić information content (AvgIpc) is 3.06. The molecule has 2 aliphatic heterocycles. The van der Waals surface area contributed by atoms with Crippen LogP contribution in [-0.2, 0) is 20.9 Å². The number of nitrogens with zero attached hydrogens (tertiary/aromatic N) is 2. The van der Waals surface area contributed by atoms with E-state index in [1.165, 1.54) is 10.5 Å². The van der Waals surface area contributed by atoms with Crippen LogP contribution in [0.3, 0.4) is 0 Å². The number of ether oxygens (including phenoxy) is 1. The minimum absolute atomic E-state index is 0.105. The van der Waals surface area contributed by atoms with Crippen LogP contribution in [0, 0.1) is 0 Å². The van der Waals surface area contributed by atoms with Gasteiger partial charge in [0.2, 0.25) is 5.91 Å². The normalized spacial score (nSPS) is 24.9. The highest BCUT2D eigenvalue weighted by Crippen LogP contribution is 2.20. The number of hydrogen-bond acceptors (Lipinski definition) is 4. The van der Waals surface area contributed by atoms with E-state index < -0.39 is 12.0 Å². The van der Waals surface area contributed by atoms with Crippen LogP contribution in [0.5, 0.6) is 0 Å². The molecule has 1 N–H and O–H groups in total. The molecule has 0 aliphatic carbocycles. The Labute approximate surface area is 142 Å². The highest BCUT2D eigenvalue weighted by molar-refractivity contribution is 5.84. The summed E-state index contributed by atoms with van der Waals surface area (Å²) >= 11 is 0. The van der Waals surface area contributed by atoms with E-state index >= 15 is 0 Å². The van der Waals surface area contributed by atoms with Crippen LogP contribution in [0.1, 0.15) is 24.8 Å². The van der Waals surface area contributed by atoms with Crippen LogP contribution in [0.2, 0.25) is 0 Å². The quantitative estimate of drug-likeness (QED) is 0.881. The summed E-state index contributed by atoms with van der Waals surface area (Å²) in [5.41, 5.74) is 1.25. The van der Waals surface area contributed by atoms with Crippen molar-refractivity contribution in [2.75, 3.05) is 26.2 Å². The largest absolute Gasteiger partial charge is 0.480 e. The van der Waals surface area contributed by atoms with Gasteiger partial charge in [0.1, 0.15) is 6.04 Å². The van der Waals surface area contributed by atoms with Crippen molar-refractivity contribution in [1.29, 1.82) is 0 Å². The summed E-state index contributed by atoms with van der Waals surface area (Å²) in [5, 5.41) is 9.21. The van der Waals surface area contributed by atoms with Crippen molar-refractivity contribution >= 4 is 11.9 Å². The lowest BCUT2D eigenvalue weighted by Gasteiger charge is -2.33. The molecule has 0 aromatic heterocycles. The van der Waals surface area contributed by atoms with Gasteiger partial charge < -0.3 is 14.7 Å². The first kappa shape index (κ1) is 16.9. The molecule has 2 fully saturated rings. The van der Waals surface area contributed by atoms with Gasteiger partial charge in [-0.1, -0.05) is 30.3 Å². The number of likely N-dealkylation sites (tertiary alicyclic amines) is 1. The lowest BCUT2D eigenvalue weighted by molar-refractivity contribution is -0.150. The standard InChI is InChI=1S/C18H24N2O4/c21-17(20-8-4-7-16(20)18(22)23)11-15-13-19(9-10-24-15)12-14-5-2-1-3-6-14/h1-3,5-6,15-16H,4,7-13H2,(H,22,23). The van der Waals surface area contributed by atoms with E-state index in [1.807, 2.05) is 18.2 Å². The molecule has 2 atom stereocenters. The van der Waals surface area contributed by atoms with Gasteiger partial charge in [0, 0.05) is 26.2 Å². The summed E-state index contributed by atoms with van der Waals surface area (Å²) < 4.78 is 5.74. The molecule has 0 saturated carbocycles. The maximum absolute atomic E-state index is 12.5. The lowest BCUT2D eigenvalue weighted by atomic mass is 10.1. The van der Waals surface area contributed by atoms with Crippen LogP contribution in [0.15, 0.2) is 30.3 Å². The molecule has 2 heterocycles. The first-order valence-electron chi connectivity index (χ1n) is 8.53. The Morgan fingerprint density at radius 2 is 2.00 bits per heavy atom. The maximum atomic E-state index is 12.5.